The largest absolute Gasteiger partial charge is 0.417 e. The maximum Gasteiger partial charge on any atom is 0.417 e. The summed E-state index contributed by atoms with van der Waals surface area (Å²) >= 11 is 6.07. The van der Waals surface area contributed by atoms with Gasteiger partial charge in [0.15, 0.2) is 0 Å². The maximum absolute atomic E-state index is 12.8. The Morgan fingerprint density at radius 1 is 1.15 bits per heavy atom. The number of halogens is 4. The second kappa shape index (κ2) is 8.15. The Hall–Kier alpha value is -2.30. The summed E-state index contributed by atoms with van der Waals surface area (Å²) in [6.07, 6.45) is -2.81. The van der Waals surface area contributed by atoms with E-state index in [-0.39, 0.29) is 5.02 Å². The minimum Gasteiger partial charge on any atom is -0.354 e. The molecule has 2 heterocycles. The number of nitrogens with zero attached hydrogens (tertiary/aromatic N) is 4. The molecule has 1 fully saturated rings. The van der Waals surface area contributed by atoms with E-state index < -0.39 is 11.7 Å². The highest BCUT2D eigenvalue weighted by Crippen LogP contribution is 2.33. The Balaban J connectivity index is 1.69. The first kappa shape index (κ1) is 19.5. The first-order valence-corrected chi connectivity index (χ1v) is 8.94. The van der Waals surface area contributed by atoms with Crippen LogP contribution in [0.15, 0.2) is 36.5 Å². The molecule has 4 nitrogen and oxygen atoms in total. The molecule has 0 saturated carbocycles. The highest BCUT2D eigenvalue weighted by molar-refractivity contribution is 6.33. The molecule has 1 saturated heterocycles. The molecule has 0 atom stereocenters. The molecule has 1 aliphatic heterocycles. The molecule has 27 heavy (non-hydrogen) atoms. The zero-order valence-electron chi connectivity index (χ0n) is 14.5. The number of anilines is 1. The van der Waals surface area contributed by atoms with Gasteiger partial charge >= 0.3 is 6.18 Å². The van der Waals surface area contributed by atoms with Gasteiger partial charge in [-0.2, -0.15) is 18.4 Å². The summed E-state index contributed by atoms with van der Waals surface area (Å²) in [6.45, 7) is 3.46. The summed E-state index contributed by atoms with van der Waals surface area (Å²) in [6, 6.07) is 10.6. The summed E-state index contributed by atoms with van der Waals surface area (Å²) < 4.78 is 38.4. The molecular weight excluding hydrogens is 377 g/mol. The summed E-state index contributed by atoms with van der Waals surface area (Å²) in [5.74, 6) is 0.379. The average Bonchev–Trinajstić information content (AvgIpc) is 2.87. The summed E-state index contributed by atoms with van der Waals surface area (Å²) in [7, 11) is 0. The minimum atomic E-state index is -4.46. The van der Waals surface area contributed by atoms with Crippen molar-refractivity contribution in [2.75, 3.05) is 31.1 Å². The highest BCUT2D eigenvalue weighted by atomic mass is 35.5. The summed E-state index contributed by atoms with van der Waals surface area (Å²) in [5, 5.41) is 9.23. The zero-order chi connectivity index (χ0) is 19.4. The molecule has 2 aromatic rings. The molecular formula is C19H18ClF3N4. The fourth-order valence-electron chi connectivity index (χ4n) is 3.17. The molecule has 1 aromatic carbocycles. The highest BCUT2D eigenvalue weighted by Gasteiger charge is 2.32. The molecule has 0 bridgehead atoms. The number of alkyl halides is 3. The third kappa shape index (κ3) is 4.71. The number of hydrogen-bond acceptors (Lipinski definition) is 4. The molecule has 0 N–H and O–H groups in total. The summed E-state index contributed by atoms with van der Waals surface area (Å²) in [4.78, 5) is 8.10. The van der Waals surface area contributed by atoms with Gasteiger partial charge in [-0.05, 0) is 24.1 Å². The normalized spacial score (nSPS) is 16.0. The number of pyridine rings is 1. The lowest BCUT2D eigenvalue weighted by atomic mass is 10.1. The van der Waals surface area contributed by atoms with E-state index in [1.807, 2.05) is 23.1 Å². The molecule has 1 aromatic heterocycles. The first-order chi connectivity index (χ1) is 12.9. The molecule has 142 valence electrons. The van der Waals surface area contributed by atoms with Crippen LogP contribution in [0.5, 0.6) is 0 Å². The monoisotopic (exact) mass is 394 g/mol. The van der Waals surface area contributed by atoms with E-state index in [1.54, 1.807) is 6.07 Å². The molecule has 1 aliphatic rings. The van der Waals surface area contributed by atoms with Gasteiger partial charge < -0.3 is 4.90 Å². The van der Waals surface area contributed by atoms with E-state index in [1.165, 1.54) is 0 Å². The lowest BCUT2D eigenvalue weighted by Gasteiger charge is -2.24. The van der Waals surface area contributed by atoms with Crippen LogP contribution in [0.4, 0.5) is 19.0 Å². The third-order valence-electron chi connectivity index (χ3n) is 4.57. The van der Waals surface area contributed by atoms with E-state index in [9.17, 15) is 18.4 Å². The van der Waals surface area contributed by atoms with E-state index in [0.29, 0.717) is 37.6 Å². The first-order valence-electron chi connectivity index (χ1n) is 8.56. The number of nitriles is 1. The summed E-state index contributed by atoms with van der Waals surface area (Å²) in [5.41, 5.74) is 0.783. The Kier molecular flexibility index (Phi) is 5.88. The van der Waals surface area contributed by atoms with E-state index in [0.717, 1.165) is 30.8 Å². The quantitative estimate of drug-likeness (QED) is 0.776. The van der Waals surface area contributed by atoms with Gasteiger partial charge in [0.25, 0.3) is 0 Å². The van der Waals surface area contributed by atoms with Gasteiger partial charge in [-0.15, -0.1) is 0 Å². The van der Waals surface area contributed by atoms with Gasteiger partial charge in [-0.3, -0.25) is 4.90 Å². The van der Waals surface area contributed by atoms with Crippen molar-refractivity contribution in [3.05, 3.63) is 58.2 Å². The number of hydrogen-bond donors (Lipinski definition) is 0. The Labute approximate surface area is 160 Å². The van der Waals surface area contributed by atoms with Crippen molar-refractivity contribution in [3.63, 3.8) is 0 Å². The van der Waals surface area contributed by atoms with Crippen LogP contribution < -0.4 is 4.90 Å². The van der Waals surface area contributed by atoms with Crippen LogP contribution in [0.1, 0.15) is 23.1 Å². The lowest BCUT2D eigenvalue weighted by molar-refractivity contribution is -0.137. The molecule has 0 radical (unpaired) electrons. The van der Waals surface area contributed by atoms with Crippen molar-refractivity contribution in [3.8, 4) is 6.07 Å². The number of aromatic nitrogens is 1. The average molecular weight is 395 g/mol. The lowest BCUT2D eigenvalue weighted by Crippen LogP contribution is -2.31. The van der Waals surface area contributed by atoms with Gasteiger partial charge in [0.2, 0.25) is 0 Å². The van der Waals surface area contributed by atoms with Crippen molar-refractivity contribution < 1.29 is 13.2 Å². The van der Waals surface area contributed by atoms with Gasteiger partial charge in [0.1, 0.15) is 5.82 Å². The van der Waals surface area contributed by atoms with Crippen molar-refractivity contribution in [1.29, 1.82) is 5.26 Å². The molecule has 3 rings (SSSR count). The smallest absolute Gasteiger partial charge is 0.354 e. The third-order valence-corrected chi connectivity index (χ3v) is 4.85. The zero-order valence-corrected chi connectivity index (χ0v) is 15.3. The van der Waals surface area contributed by atoms with Crippen LogP contribution in [0.25, 0.3) is 0 Å². The Morgan fingerprint density at radius 3 is 2.63 bits per heavy atom. The standard InChI is InChI=1S/C19H18ClF3N4/c20-17-10-16(19(21,22)23)12-25-18(17)27-7-3-6-26(8-9-27)13-15-5-2-1-4-14(15)11-24/h1-2,4-5,10,12H,3,6-9,13H2. The van der Waals surface area contributed by atoms with Crippen LogP contribution in [0, 0.1) is 11.3 Å². The molecule has 8 heteroatoms. The van der Waals surface area contributed by atoms with Gasteiger partial charge in [-0.25, -0.2) is 4.98 Å². The number of benzene rings is 1. The second-order valence-electron chi connectivity index (χ2n) is 6.41. The Bertz CT molecular complexity index is 848. The fourth-order valence-corrected chi connectivity index (χ4v) is 3.45. The van der Waals surface area contributed by atoms with Crippen LogP contribution >= 0.6 is 11.6 Å². The number of rotatable bonds is 3. The predicted molar refractivity (Wildman–Crippen MR) is 97.5 cm³/mol. The van der Waals surface area contributed by atoms with Crippen LogP contribution in [-0.2, 0) is 12.7 Å². The second-order valence-corrected chi connectivity index (χ2v) is 6.82. The van der Waals surface area contributed by atoms with Crippen molar-refractivity contribution in [2.45, 2.75) is 19.1 Å². The van der Waals surface area contributed by atoms with Crippen LogP contribution in [0.3, 0.4) is 0 Å². The fraction of sp³-hybridized carbons (Fsp3) is 0.368. The maximum atomic E-state index is 12.8. The van der Waals surface area contributed by atoms with Gasteiger partial charge in [0.05, 0.1) is 22.2 Å². The van der Waals surface area contributed by atoms with Crippen molar-refractivity contribution >= 4 is 17.4 Å². The van der Waals surface area contributed by atoms with Gasteiger partial charge in [0, 0.05) is 38.9 Å². The molecule has 0 aliphatic carbocycles. The topological polar surface area (TPSA) is 43.2 Å². The predicted octanol–water partition coefficient (Wildman–Crippen LogP) is 4.34. The van der Waals surface area contributed by atoms with Gasteiger partial charge in [-0.1, -0.05) is 29.8 Å². The van der Waals surface area contributed by atoms with Crippen molar-refractivity contribution in [2.24, 2.45) is 0 Å². The van der Waals surface area contributed by atoms with E-state index >= 15 is 0 Å². The molecule has 0 unspecified atom stereocenters. The Morgan fingerprint density at radius 2 is 1.93 bits per heavy atom. The van der Waals surface area contributed by atoms with Crippen LogP contribution in [0.2, 0.25) is 5.02 Å². The van der Waals surface area contributed by atoms with E-state index in [2.05, 4.69) is 16.0 Å². The SMILES string of the molecule is N#Cc1ccccc1CN1CCCN(c2ncc(C(F)(F)F)cc2Cl)CC1. The molecule has 0 amide bonds. The van der Waals surface area contributed by atoms with E-state index in [4.69, 9.17) is 11.6 Å². The van der Waals surface area contributed by atoms with Crippen molar-refractivity contribution in [1.82, 2.24) is 9.88 Å². The molecule has 0 spiro atoms. The minimum absolute atomic E-state index is 0.00750. The van der Waals surface area contributed by atoms with Crippen LogP contribution in [-0.4, -0.2) is 36.1 Å².